The van der Waals surface area contributed by atoms with E-state index in [1.807, 2.05) is 13.1 Å². The molecule has 1 heterocycles. The van der Waals surface area contributed by atoms with Crippen molar-refractivity contribution in [1.29, 1.82) is 0 Å². The van der Waals surface area contributed by atoms with Gasteiger partial charge in [0, 0.05) is 18.6 Å². The molecule has 2 aromatic rings. The molecule has 80 valence electrons. The van der Waals surface area contributed by atoms with Gasteiger partial charge in [-0.2, -0.15) is 0 Å². The van der Waals surface area contributed by atoms with Gasteiger partial charge in [-0.15, -0.1) is 0 Å². The molecule has 0 atom stereocenters. The molecule has 1 aromatic heterocycles. The van der Waals surface area contributed by atoms with Crippen molar-refractivity contribution in [2.24, 2.45) is 12.8 Å². The number of nitrogens with two attached hydrogens (primary N) is 1. The fraction of sp³-hybridized carbons (Fsp3) is 0.333. The summed E-state index contributed by atoms with van der Waals surface area (Å²) in [6.45, 7) is 2.76. The molecule has 1 aromatic carbocycles. The number of halogens is 1. The smallest absolute Gasteiger partial charge is 0.0525 e. The third-order valence-electron chi connectivity index (χ3n) is 2.77. The lowest BCUT2D eigenvalue weighted by molar-refractivity contribution is 0.927. The summed E-state index contributed by atoms with van der Waals surface area (Å²) in [7, 11) is 2.05. The first kappa shape index (κ1) is 10.5. The first-order valence-electron chi connectivity index (χ1n) is 5.08. The minimum absolute atomic E-state index is 0.656. The Labute approximate surface area is 94.6 Å². The van der Waals surface area contributed by atoms with Crippen LogP contribution in [0.5, 0.6) is 0 Å². The molecule has 0 bridgehead atoms. The lowest BCUT2D eigenvalue weighted by atomic mass is 10.1. The van der Waals surface area contributed by atoms with Crippen LogP contribution in [0.15, 0.2) is 18.3 Å². The van der Waals surface area contributed by atoms with E-state index in [2.05, 4.69) is 23.8 Å². The molecule has 0 aliphatic rings. The van der Waals surface area contributed by atoms with E-state index in [-0.39, 0.29) is 0 Å². The zero-order chi connectivity index (χ0) is 11.0. The van der Waals surface area contributed by atoms with Gasteiger partial charge in [0.15, 0.2) is 0 Å². The summed E-state index contributed by atoms with van der Waals surface area (Å²) in [4.78, 5) is 0. The second kappa shape index (κ2) is 3.87. The minimum atomic E-state index is 0.656. The molecule has 0 spiro atoms. The Hall–Kier alpha value is -0.990. The Balaban J connectivity index is 2.80. The van der Waals surface area contributed by atoms with Crippen molar-refractivity contribution in [2.75, 3.05) is 6.54 Å². The summed E-state index contributed by atoms with van der Waals surface area (Å²) < 4.78 is 2.13. The third kappa shape index (κ3) is 1.64. The van der Waals surface area contributed by atoms with Gasteiger partial charge in [-0.05, 0) is 37.1 Å². The van der Waals surface area contributed by atoms with Gasteiger partial charge in [0.1, 0.15) is 0 Å². The van der Waals surface area contributed by atoms with Crippen LogP contribution in [0.25, 0.3) is 10.9 Å². The molecular formula is C12H15ClN2. The summed E-state index contributed by atoms with van der Waals surface area (Å²) in [6.07, 6.45) is 3.00. The summed E-state index contributed by atoms with van der Waals surface area (Å²) in [5.41, 5.74) is 9.30. The van der Waals surface area contributed by atoms with Crippen molar-refractivity contribution in [3.63, 3.8) is 0 Å². The van der Waals surface area contributed by atoms with Crippen LogP contribution < -0.4 is 5.73 Å². The number of aromatic nitrogens is 1. The maximum Gasteiger partial charge on any atom is 0.0525 e. The van der Waals surface area contributed by atoms with E-state index in [1.54, 1.807) is 0 Å². The molecule has 0 fully saturated rings. The maximum absolute atomic E-state index is 6.23. The highest BCUT2D eigenvalue weighted by Crippen LogP contribution is 2.30. The van der Waals surface area contributed by atoms with Crippen molar-refractivity contribution in [3.05, 3.63) is 34.5 Å². The lowest BCUT2D eigenvalue weighted by Crippen LogP contribution is -2.02. The third-order valence-corrected chi connectivity index (χ3v) is 3.08. The van der Waals surface area contributed by atoms with Gasteiger partial charge in [0.2, 0.25) is 0 Å². The fourth-order valence-electron chi connectivity index (χ4n) is 2.14. The number of benzene rings is 1. The topological polar surface area (TPSA) is 30.9 Å². The average Bonchev–Trinajstić information content (AvgIpc) is 2.51. The van der Waals surface area contributed by atoms with Crippen molar-refractivity contribution in [1.82, 2.24) is 4.57 Å². The average molecular weight is 223 g/mol. The number of aryl methyl sites for hydroxylation is 2. The second-order valence-electron chi connectivity index (χ2n) is 3.89. The van der Waals surface area contributed by atoms with Gasteiger partial charge in [-0.25, -0.2) is 0 Å². The van der Waals surface area contributed by atoms with Gasteiger partial charge < -0.3 is 10.3 Å². The van der Waals surface area contributed by atoms with E-state index in [4.69, 9.17) is 17.3 Å². The van der Waals surface area contributed by atoms with E-state index in [0.29, 0.717) is 6.54 Å². The van der Waals surface area contributed by atoms with Crippen LogP contribution in [-0.2, 0) is 13.5 Å². The minimum Gasteiger partial charge on any atom is -0.350 e. The molecule has 3 heteroatoms. The Bertz CT molecular complexity index is 500. The molecule has 2 N–H and O–H groups in total. The van der Waals surface area contributed by atoms with Crippen LogP contribution in [0.4, 0.5) is 0 Å². The second-order valence-corrected chi connectivity index (χ2v) is 4.30. The van der Waals surface area contributed by atoms with E-state index in [0.717, 1.165) is 16.8 Å². The highest BCUT2D eigenvalue weighted by molar-refractivity contribution is 6.35. The van der Waals surface area contributed by atoms with Crippen molar-refractivity contribution in [3.8, 4) is 0 Å². The molecule has 0 saturated carbocycles. The van der Waals surface area contributed by atoms with Gasteiger partial charge in [-0.3, -0.25) is 0 Å². The fourth-order valence-corrected chi connectivity index (χ4v) is 2.41. The van der Waals surface area contributed by atoms with Crippen molar-refractivity contribution >= 4 is 22.5 Å². The molecule has 15 heavy (non-hydrogen) atoms. The van der Waals surface area contributed by atoms with Crippen LogP contribution >= 0.6 is 11.6 Å². The van der Waals surface area contributed by atoms with E-state index >= 15 is 0 Å². The Kier molecular flexibility index (Phi) is 2.72. The van der Waals surface area contributed by atoms with Crippen LogP contribution in [0, 0.1) is 6.92 Å². The predicted molar refractivity (Wildman–Crippen MR) is 65.4 cm³/mol. The van der Waals surface area contributed by atoms with Crippen LogP contribution in [0.1, 0.15) is 11.1 Å². The Morgan fingerprint density at radius 1 is 1.40 bits per heavy atom. The number of fused-ring (bicyclic) bond motifs is 1. The van der Waals surface area contributed by atoms with Crippen molar-refractivity contribution in [2.45, 2.75) is 13.3 Å². The van der Waals surface area contributed by atoms with Crippen LogP contribution in [0.3, 0.4) is 0 Å². The van der Waals surface area contributed by atoms with Crippen LogP contribution in [-0.4, -0.2) is 11.1 Å². The normalized spacial score (nSPS) is 11.2. The molecule has 0 aliphatic heterocycles. The summed E-state index contributed by atoms with van der Waals surface area (Å²) in [5.74, 6) is 0. The molecule has 0 saturated heterocycles. The molecule has 2 rings (SSSR count). The SMILES string of the molecule is Cc1ccc(Cl)c2c(CCN)cn(C)c12. The monoisotopic (exact) mass is 222 g/mol. The van der Waals surface area contributed by atoms with Gasteiger partial charge in [0.25, 0.3) is 0 Å². The quantitative estimate of drug-likeness (QED) is 0.832. The molecule has 2 nitrogen and oxygen atoms in total. The molecular weight excluding hydrogens is 208 g/mol. The number of hydrogen-bond donors (Lipinski definition) is 1. The van der Waals surface area contributed by atoms with Crippen molar-refractivity contribution < 1.29 is 0 Å². The zero-order valence-corrected chi connectivity index (χ0v) is 9.80. The van der Waals surface area contributed by atoms with Crippen LogP contribution in [0.2, 0.25) is 5.02 Å². The largest absolute Gasteiger partial charge is 0.350 e. The summed E-state index contributed by atoms with van der Waals surface area (Å²) in [5, 5.41) is 1.98. The Morgan fingerprint density at radius 3 is 2.80 bits per heavy atom. The van der Waals surface area contributed by atoms with Gasteiger partial charge in [-0.1, -0.05) is 17.7 Å². The van der Waals surface area contributed by atoms with E-state index < -0.39 is 0 Å². The molecule has 0 aliphatic carbocycles. The zero-order valence-electron chi connectivity index (χ0n) is 9.05. The molecule has 0 unspecified atom stereocenters. The molecule has 0 amide bonds. The standard InChI is InChI=1S/C12H15ClN2/c1-8-3-4-10(13)11-9(5-6-14)7-15(2)12(8)11/h3-4,7H,5-6,14H2,1-2H3. The Morgan fingerprint density at radius 2 is 2.13 bits per heavy atom. The lowest BCUT2D eigenvalue weighted by Gasteiger charge is -2.03. The number of rotatable bonds is 2. The highest BCUT2D eigenvalue weighted by Gasteiger charge is 2.11. The first-order valence-corrected chi connectivity index (χ1v) is 5.46. The first-order chi connectivity index (χ1) is 7.15. The summed E-state index contributed by atoms with van der Waals surface area (Å²) in [6, 6.07) is 4.01. The van der Waals surface area contributed by atoms with Gasteiger partial charge in [0.05, 0.1) is 10.5 Å². The number of hydrogen-bond acceptors (Lipinski definition) is 1. The predicted octanol–water partition coefficient (Wildman–Crippen LogP) is 2.64. The summed E-state index contributed by atoms with van der Waals surface area (Å²) >= 11 is 6.23. The van der Waals surface area contributed by atoms with E-state index in [1.165, 1.54) is 16.6 Å². The highest BCUT2D eigenvalue weighted by atomic mass is 35.5. The number of nitrogens with zero attached hydrogens (tertiary/aromatic N) is 1. The van der Waals surface area contributed by atoms with E-state index in [9.17, 15) is 0 Å². The van der Waals surface area contributed by atoms with Gasteiger partial charge >= 0.3 is 0 Å². The molecule has 0 radical (unpaired) electrons. The maximum atomic E-state index is 6.23.